The lowest BCUT2D eigenvalue weighted by atomic mass is 10.2. The number of fused-ring (bicyclic) bond motifs is 1. The van der Waals surface area contributed by atoms with Crippen molar-refractivity contribution in [2.45, 2.75) is 0 Å². The number of thiazole rings is 1. The van der Waals surface area contributed by atoms with E-state index in [9.17, 15) is 5.11 Å². The minimum atomic E-state index is 0.174. The van der Waals surface area contributed by atoms with Crippen molar-refractivity contribution in [1.82, 2.24) is 19.9 Å². The van der Waals surface area contributed by atoms with E-state index in [4.69, 9.17) is 29.4 Å². The molecule has 4 aromatic rings. The van der Waals surface area contributed by atoms with Crippen LogP contribution in [0.1, 0.15) is 0 Å². The zero-order valence-electron chi connectivity index (χ0n) is 19.1. The van der Waals surface area contributed by atoms with Crippen molar-refractivity contribution in [3.8, 4) is 16.3 Å². The topological polar surface area (TPSA) is 109 Å². The maximum absolute atomic E-state index is 10.6. The van der Waals surface area contributed by atoms with E-state index in [0.717, 1.165) is 47.1 Å². The molecule has 0 saturated carbocycles. The molecule has 0 radical (unpaired) electrons. The summed E-state index contributed by atoms with van der Waals surface area (Å²) in [5.41, 5.74) is 2.32. The van der Waals surface area contributed by atoms with E-state index in [1.54, 1.807) is 23.5 Å². The minimum absolute atomic E-state index is 0.174. The van der Waals surface area contributed by atoms with E-state index in [1.165, 1.54) is 0 Å². The van der Waals surface area contributed by atoms with Gasteiger partial charge < -0.3 is 29.7 Å². The standard InChI is InChI=1S/C24H25N7O3S/c32-19-6-5-16(15-17(19)21-26-18-3-1-2-4-20(18)35-21)25-22-27-23(30-7-11-33-12-8-30)29-24(28-22)31-9-13-34-14-10-31/h1-6,15,32H,7-14H2,(H,25,27,28,29). The van der Waals surface area contributed by atoms with Crippen LogP contribution in [0.25, 0.3) is 20.8 Å². The van der Waals surface area contributed by atoms with Crippen molar-refractivity contribution in [1.29, 1.82) is 0 Å². The van der Waals surface area contributed by atoms with E-state index in [1.807, 2.05) is 30.3 Å². The lowest BCUT2D eigenvalue weighted by Gasteiger charge is -2.30. The number of hydrogen-bond acceptors (Lipinski definition) is 11. The molecule has 4 heterocycles. The van der Waals surface area contributed by atoms with Gasteiger partial charge in [-0.25, -0.2) is 4.98 Å². The number of anilines is 4. The number of aromatic nitrogens is 4. The molecule has 0 atom stereocenters. The van der Waals surface area contributed by atoms with Gasteiger partial charge in [0, 0.05) is 31.9 Å². The van der Waals surface area contributed by atoms with E-state index < -0.39 is 0 Å². The highest BCUT2D eigenvalue weighted by Gasteiger charge is 2.21. The quantitative estimate of drug-likeness (QED) is 0.404. The average Bonchev–Trinajstić information content (AvgIpc) is 3.35. The number of nitrogens with zero attached hydrogens (tertiary/aromatic N) is 6. The fourth-order valence-corrected chi connectivity index (χ4v) is 5.11. The average molecular weight is 492 g/mol. The summed E-state index contributed by atoms with van der Waals surface area (Å²) in [6.45, 7) is 5.49. The third-order valence-corrected chi connectivity index (χ3v) is 7.05. The zero-order chi connectivity index (χ0) is 23.6. The van der Waals surface area contributed by atoms with Crippen LogP contribution in [0, 0.1) is 0 Å². The summed E-state index contributed by atoms with van der Waals surface area (Å²) in [6.07, 6.45) is 0. The number of ether oxygens (including phenoxy) is 2. The number of nitrogens with one attached hydrogen (secondary N) is 1. The Hall–Kier alpha value is -3.54. The Balaban J connectivity index is 1.33. The lowest BCUT2D eigenvalue weighted by Crippen LogP contribution is -2.40. The number of morpholine rings is 2. The van der Waals surface area contributed by atoms with Crippen LogP contribution in [0.5, 0.6) is 5.75 Å². The van der Waals surface area contributed by atoms with Crippen molar-refractivity contribution in [3.63, 3.8) is 0 Å². The maximum atomic E-state index is 10.6. The third-order valence-electron chi connectivity index (χ3n) is 5.98. The first kappa shape index (κ1) is 22.0. The molecule has 2 aliphatic heterocycles. The van der Waals surface area contributed by atoms with Gasteiger partial charge in [0.05, 0.1) is 42.2 Å². The summed E-state index contributed by atoms with van der Waals surface area (Å²) in [7, 11) is 0. The smallest absolute Gasteiger partial charge is 0.233 e. The molecule has 2 aliphatic rings. The molecule has 2 saturated heterocycles. The Labute approximate surface area is 206 Å². The molecule has 0 unspecified atom stereocenters. The maximum Gasteiger partial charge on any atom is 0.233 e. The van der Waals surface area contributed by atoms with Crippen molar-refractivity contribution in [2.75, 3.05) is 67.7 Å². The molecule has 2 aromatic carbocycles. The Morgan fingerprint density at radius 2 is 1.46 bits per heavy atom. The van der Waals surface area contributed by atoms with E-state index in [-0.39, 0.29) is 5.75 Å². The second-order valence-electron chi connectivity index (χ2n) is 8.30. The number of aromatic hydroxyl groups is 1. The molecule has 0 bridgehead atoms. The van der Waals surface area contributed by atoms with Crippen LogP contribution in [-0.4, -0.2) is 77.6 Å². The van der Waals surface area contributed by atoms with Gasteiger partial charge in [-0.2, -0.15) is 15.0 Å². The molecular formula is C24H25N7O3S. The van der Waals surface area contributed by atoms with Gasteiger partial charge in [-0.1, -0.05) is 12.1 Å². The Morgan fingerprint density at radius 3 is 2.11 bits per heavy atom. The molecule has 10 nitrogen and oxygen atoms in total. The van der Waals surface area contributed by atoms with E-state index in [2.05, 4.69) is 15.1 Å². The van der Waals surface area contributed by atoms with Gasteiger partial charge in [-0.15, -0.1) is 11.3 Å². The Morgan fingerprint density at radius 1 is 0.800 bits per heavy atom. The fraction of sp³-hybridized carbons (Fsp3) is 0.333. The summed E-state index contributed by atoms with van der Waals surface area (Å²) in [5.74, 6) is 1.87. The van der Waals surface area contributed by atoms with Gasteiger partial charge in [0.1, 0.15) is 10.8 Å². The summed E-state index contributed by atoms with van der Waals surface area (Å²) >= 11 is 1.54. The van der Waals surface area contributed by atoms with E-state index >= 15 is 0 Å². The highest BCUT2D eigenvalue weighted by atomic mass is 32.1. The van der Waals surface area contributed by atoms with Gasteiger partial charge in [0.25, 0.3) is 0 Å². The Kier molecular flexibility index (Phi) is 6.03. The van der Waals surface area contributed by atoms with Gasteiger partial charge >= 0.3 is 0 Å². The molecule has 2 N–H and O–H groups in total. The SMILES string of the molecule is Oc1ccc(Nc2nc(N3CCOCC3)nc(N3CCOCC3)n2)cc1-c1nc2ccccc2s1. The first-order valence-corrected chi connectivity index (χ1v) is 12.4. The van der Waals surface area contributed by atoms with Crippen LogP contribution in [0.15, 0.2) is 42.5 Å². The molecule has 11 heteroatoms. The minimum Gasteiger partial charge on any atom is -0.507 e. The molecule has 2 aromatic heterocycles. The predicted molar refractivity (Wildman–Crippen MR) is 136 cm³/mol. The molecule has 0 amide bonds. The van der Waals surface area contributed by atoms with Gasteiger partial charge in [-0.3, -0.25) is 0 Å². The van der Waals surface area contributed by atoms with Gasteiger partial charge in [-0.05, 0) is 30.3 Å². The lowest BCUT2D eigenvalue weighted by molar-refractivity contribution is 0.121. The third kappa shape index (κ3) is 4.70. The second kappa shape index (κ2) is 9.61. The van der Waals surface area contributed by atoms with Gasteiger partial charge in [0.2, 0.25) is 17.8 Å². The summed E-state index contributed by atoms with van der Waals surface area (Å²) < 4.78 is 12.1. The zero-order valence-corrected chi connectivity index (χ0v) is 19.9. The van der Waals surface area contributed by atoms with Crippen LogP contribution >= 0.6 is 11.3 Å². The fourth-order valence-electron chi connectivity index (χ4n) is 4.12. The largest absolute Gasteiger partial charge is 0.507 e. The number of hydrogen-bond donors (Lipinski definition) is 2. The molecule has 6 rings (SSSR count). The summed E-state index contributed by atoms with van der Waals surface area (Å²) in [4.78, 5) is 23.1. The number of para-hydroxylation sites is 1. The van der Waals surface area contributed by atoms with Crippen LogP contribution < -0.4 is 15.1 Å². The molecule has 0 aliphatic carbocycles. The van der Waals surface area contributed by atoms with Crippen molar-refractivity contribution in [3.05, 3.63) is 42.5 Å². The first-order valence-electron chi connectivity index (χ1n) is 11.6. The monoisotopic (exact) mass is 491 g/mol. The van der Waals surface area contributed by atoms with Crippen LogP contribution in [-0.2, 0) is 9.47 Å². The van der Waals surface area contributed by atoms with Crippen molar-refractivity contribution < 1.29 is 14.6 Å². The number of phenolic OH excluding ortho intramolecular Hbond substituents is 1. The number of rotatable bonds is 5. The van der Waals surface area contributed by atoms with Gasteiger partial charge in [0.15, 0.2) is 0 Å². The second-order valence-corrected chi connectivity index (χ2v) is 9.33. The molecule has 0 spiro atoms. The van der Waals surface area contributed by atoms with Crippen molar-refractivity contribution in [2.24, 2.45) is 0 Å². The molecule has 35 heavy (non-hydrogen) atoms. The summed E-state index contributed by atoms with van der Waals surface area (Å²) in [6, 6.07) is 13.3. The van der Waals surface area contributed by atoms with Crippen molar-refractivity contribution >= 4 is 45.1 Å². The summed E-state index contributed by atoms with van der Waals surface area (Å²) in [5, 5.41) is 14.6. The molecular weight excluding hydrogens is 466 g/mol. The van der Waals surface area contributed by atoms with E-state index in [0.29, 0.717) is 49.8 Å². The normalized spacial score (nSPS) is 16.6. The number of phenols is 1. The predicted octanol–water partition coefficient (Wildman–Crippen LogP) is 3.27. The molecule has 2 fully saturated rings. The van der Waals surface area contributed by atoms with Crippen LogP contribution in [0.2, 0.25) is 0 Å². The van der Waals surface area contributed by atoms with Crippen LogP contribution in [0.4, 0.5) is 23.5 Å². The highest BCUT2D eigenvalue weighted by Crippen LogP contribution is 2.37. The first-order chi connectivity index (χ1) is 17.2. The number of benzene rings is 2. The Bertz CT molecular complexity index is 1270. The highest BCUT2D eigenvalue weighted by molar-refractivity contribution is 7.21. The molecule has 180 valence electrons. The van der Waals surface area contributed by atoms with Crippen LogP contribution in [0.3, 0.4) is 0 Å².